The van der Waals surface area contributed by atoms with E-state index in [0.29, 0.717) is 17.0 Å². The van der Waals surface area contributed by atoms with Crippen molar-refractivity contribution in [2.24, 2.45) is 0 Å². The first-order chi connectivity index (χ1) is 12.3. The lowest BCUT2D eigenvalue weighted by Crippen LogP contribution is -2.18. The van der Waals surface area contributed by atoms with Gasteiger partial charge in [0.2, 0.25) is 0 Å². The van der Waals surface area contributed by atoms with Crippen molar-refractivity contribution in [1.29, 1.82) is 0 Å². The summed E-state index contributed by atoms with van der Waals surface area (Å²) in [5.74, 6) is -1.92. The third-order valence-electron chi connectivity index (χ3n) is 3.62. The van der Waals surface area contributed by atoms with Crippen molar-refractivity contribution in [3.05, 3.63) is 58.8 Å². The van der Waals surface area contributed by atoms with Gasteiger partial charge < -0.3 is 9.72 Å². The van der Waals surface area contributed by atoms with Crippen molar-refractivity contribution in [3.8, 4) is 17.1 Å². The molecule has 10 heteroatoms. The van der Waals surface area contributed by atoms with E-state index in [1.165, 1.54) is 0 Å². The van der Waals surface area contributed by atoms with Gasteiger partial charge in [-0.25, -0.2) is 14.2 Å². The zero-order valence-electron chi connectivity index (χ0n) is 12.7. The summed E-state index contributed by atoms with van der Waals surface area (Å²) in [6, 6.07) is 9.34. The number of rotatable bonds is 2. The van der Waals surface area contributed by atoms with Crippen LogP contribution in [-0.2, 0) is 0 Å². The van der Waals surface area contributed by atoms with Crippen LogP contribution in [0.5, 0.6) is 5.75 Å². The van der Waals surface area contributed by atoms with Gasteiger partial charge >= 0.3 is 12.1 Å². The number of hydrogen-bond acceptors (Lipinski definition) is 4. The monoisotopic (exact) mass is 364 g/mol. The molecule has 4 rings (SSSR count). The molecule has 0 aliphatic carbocycles. The zero-order chi connectivity index (χ0) is 18.5. The number of hydrogen-bond donors (Lipinski definition) is 1. The number of benzene rings is 2. The van der Waals surface area contributed by atoms with Gasteiger partial charge in [0.25, 0.3) is 0 Å². The molecule has 4 aromatic rings. The summed E-state index contributed by atoms with van der Waals surface area (Å²) < 4.78 is 56.0. The minimum Gasteiger partial charge on any atom is -0.405 e. The summed E-state index contributed by atoms with van der Waals surface area (Å²) >= 11 is 0. The average Bonchev–Trinajstić information content (AvgIpc) is 2.99. The standard InChI is InChI=1S/C16H8F4N4O2/c17-8-5-6-10(12(7-8)26-16(18,19)20)13-22-14-9-3-1-2-4-11(9)21-15(25)24(14)23-13/h1-7H,(H,21,25). The Morgan fingerprint density at radius 3 is 2.65 bits per heavy atom. The average molecular weight is 364 g/mol. The Kier molecular flexibility index (Phi) is 3.43. The summed E-state index contributed by atoms with van der Waals surface area (Å²) in [5, 5.41) is 4.49. The maximum atomic E-state index is 13.4. The molecular formula is C16H8F4N4O2. The van der Waals surface area contributed by atoms with Crippen LogP contribution in [0.3, 0.4) is 0 Å². The van der Waals surface area contributed by atoms with Crippen molar-refractivity contribution in [3.63, 3.8) is 0 Å². The van der Waals surface area contributed by atoms with Crippen LogP contribution in [0.15, 0.2) is 47.3 Å². The number of nitrogens with zero attached hydrogens (tertiary/aromatic N) is 3. The normalized spacial score (nSPS) is 12.0. The molecule has 0 spiro atoms. The second kappa shape index (κ2) is 5.55. The van der Waals surface area contributed by atoms with Crippen molar-refractivity contribution >= 4 is 16.6 Å². The SMILES string of the molecule is O=c1[nH]c2ccccc2c2nc(-c3ccc(F)cc3OC(F)(F)F)nn12. The summed E-state index contributed by atoms with van der Waals surface area (Å²) in [6.07, 6.45) is -5.02. The van der Waals surface area contributed by atoms with Gasteiger partial charge in [-0.1, -0.05) is 12.1 Å². The molecule has 26 heavy (non-hydrogen) atoms. The lowest BCUT2D eigenvalue weighted by molar-refractivity contribution is -0.274. The van der Waals surface area contributed by atoms with Gasteiger partial charge in [-0.05, 0) is 24.3 Å². The van der Waals surface area contributed by atoms with Crippen LogP contribution in [0.4, 0.5) is 17.6 Å². The molecule has 0 aliphatic heterocycles. The van der Waals surface area contributed by atoms with Crippen molar-refractivity contribution < 1.29 is 22.3 Å². The topological polar surface area (TPSA) is 72.3 Å². The molecule has 0 radical (unpaired) electrons. The van der Waals surface area contributed by atoms with Crippen LogP contribution < -0.4 is 10.4 Å². The maximum Gasteiger partial charge on any atom is 0.573 e. The molecule has 6 nitrogen and oxygen atoms in total. The molecular weight excluding hydrogens is 356 g/mol. The molecule has 0 bridgehead atoms. The maximum absolute atomic E-state index is 13.4. The molecule has 2 aromatic heterocycles. The Balaban J connectivity index is 1.97. The van der Waals surface area contributed by atoms with Gasteiger partial charge in [0.05, 0.1) is 11.1 Å². The van der Waals surface area contributed by atoms with E-state index in [4.69, 9.17) is 0 Å². The van der Waals surface area contributed by atoms with E-state index in [1.54, 1.807) is 24.3 Å². The third-order valence-corrected chi connectivity index (χ3v) is 3.62. The summed E-state index contributed by atoms with van der Waals surface area (Å²) in [6.45, 7) is 0. The zero-order valence-corrected chi connectivity index (χ0v) is 12.7. The van der Waals surface area contributed by atoms with Gasteiger partial charge in [0.15, 0.2) is 11.5 Å². The highest BCUT2D eigenvalue weighted by Gasteiger charge is 2.33. The minimum absolute atomic E-state index is 0.154. The van der Waals surface area contributed by atoms with Crippen LogP contribution in [-0.4, -0.2) is 25.9 Å². The highest BCUT2D eigenvalue weighted by molar-refractivity contribution is 5.91. The smallest absolute Gasteiger partial charge is 0.405 e. The molecule has 0 atom stereocenters. The molecule has 0 amide bonds. The first-order valence-electron chi connectivity index (χ1n) is 7.25. The molecule has 0 saturated heterocycles. The van der Waals surface area contributed by atoms with Crippen LogP contribution in [0.1, 0.15) is 0 Å². The van der Waals surface area contributed by atoms with Gasteiger partial charge in [0, 0.05) is 11.5 Å². The Bertz CT molecular complexity index is 1200. The summed E-state index contributed by atoms with van der Waals surface area (Å²) in [5.41, 5.74) is -0.162. The van der Waals surface area contributed by atoms with Gasteiger partial charge in [0.1, 0.15) is 11.6 Å². The molecule has 0 unspecified atom stereocenters. The molecule has 0 aliphatic rings. The Hall–Kier alpha value is -3.43. The molecule has 132 valence electrons. The van der Waals surface area contributed by atoms with E-state index < -0.39 is 23.6 Å². The van der Waals surface area contributed by atoms with Gasteiger partial charge in [-0.3, -0.25) is 0 Å². The number of fused-ring (bicyclic) bond motifs is 3. The van der Waals surface area contributed by atoms with Gasteiger partial charge in [-0.2, -0.15) is 4.52 Å². The Morgan fingerprint density at radius 2 is 1.88 bits per heavy atom. The summed E-state index contributed by atoms with van der Waals surface area (Å²) in [4.78, 5) is 18.9. The fraction of sp³-hybridized carbons (Fsp3) is 0.0625. The van der Waals surface area contributed by atoms with Crippen molar-refractivity contribution in [1.82, 2.24) is 19.6 Å². The van der Waals surface area contributed by atoms with E-state index in [0.717, 1.165) is 16.6 Å². The number of para-hydroxylation sites is 1. The minimum atomic E-state index is -5.02. The highest BCUT2D eigenvalue weighted by Crippen LogP contribution is 2.33. The van der Waals surface area contributed by atoms with Crippen molar-refractivity contribution in [2.75, 3.05) is 0 Å². The fourth-order valence-corrected chi connectivity index (χ4v) is 2.59. The second-order valence-electron chi connectivity index (χ2n) is 5.33. The number of aromatic nitrogens is 4. The van der Waals surface area contributed by atoms with E-state index in [1.807, 2.05) is 0 Å². The molecule has 0 saturated carbocycles. The predicted octanol–water partition coefficient (Wildman–Crippen LogP) is 3.28. The summed E-state index contributed by atoms with van der Waals surface area (Å²) in [7, 11) is 0. The number of H-pyrrole nitrogens is 1. The van der Waals surface area contributed by atoms with Crippen molar-refractivity contribution in [2.45, 2.75) is 6.36 Å². The lowest BCUT2D eigenvalue weighted by atomic mass is 10.2. The van der Waals surface area contributed by atoms with E-state index in [2.05, 4.69) is 19.8 Å². The highest BCUT2D eigenvalue weighted by atomic mass is 19.4. The molecule has 1 N–H and O–H groups in total. The number of alkyl halides is 3. The third kappa shape index (κ3) is 2.75. The van der Waals surface area contributed by atoms with Crippen LogP contribution in [0, 0.1) is 5.82 Å². The number of ether oxygens (including phenoxy) is 1. The van der Waals surface area contributed by atoms with E-state index >= 15 is 0 Å². The fourth-order valence-electron chi connectivity index (χ4n) is 2.59. The molecule has 0 fully saturated rings. The quantitative estimate of drug-likeness (QED) is 0.554. The molecule has 2 aromatic carbocycles. The van der Waals surface area contributed by atoms with Gasteiger partial charge in [-0.15, -0.1) is 18.3 Å². The number of aromatic amines is 1. The second-order valence-corrected chi connectivity index (χ2v) is 5.33. The number of halogens is 4. The van der Waals surface area contributed by atoms with Crippen LogP contribution >= 0.6 is 0 Å². The predicted molar refractivity (Wildman–Crippen MR) is 83.2 cm³/mol. The van der Waals surface area contributed by atoms with E-state index in [-0.39, 0.29) is 17.0 Å². The Labute approximate surface area is 141 Å². The first kappa shape index (κ1) is 16.1. The number of nitrogens with one attached hydrogen (secondary N) is 1. The lowest BCUT2D eigenvalue weighted by Gasteiger charge is -2.11. The van der Waals surface area contributed by atoms with Crippen LogP contribution in [0.2, 0.25) is 0 Å². The van der Waals surface area contributed by atoms with Crippen LogP contribution in [0.25, 0.3) is 27.9 Å². The largest absolute Gasteiger partial charge is 0.573 e. The molecule has 2 heterocycles. The Morgan fingerprint density at radius 1 is 1.12 bits per heavy atom. The first-order valence-corrected chi connectivity index (χ1v) is 7.25. The van der Waals surface area contributed by atoms with E-state index in [9.17, 15) is 22.4 Å².